The molecule has 1 saturated heterocycles. The van der Waals surface area contributed by atoms with Gasteiger partial charge in [0.15, 0.2) is 23.1 Å². The van der Waals surface area contributed by atoms with Crippen molar-refractivity contribution in [2.24, 2.45) is 7.05 Å². The SMILES string of the molecule is [2H]C([2H])([2H])NC(=O)c1nnc(N2CCN(c3ccccc3)C2=O)cc1Nc1cccc(-c2ncn(C)n2)c1OC. The Morgan fingerprint density at radius 3 is 2.59 bits per heavy atom. The Balaban J connectivity index is 1.53. The zero-order valence-corrected chi connectivity index (χ0v) is 20.0. The summed E-state index contributed by atoms with van der Waals surface area (Å²) in [6.07, 6.45) is 1.55. The molecule has 0 atom stereocenters. The number of nitrogens with one attached hydrogen (secondary N) is 2. The number of amides is 3. The van der Waals surface area contributed by atoms with Gasteiger partial charge >= 0.3 is 6.03 Å². The molecule has 1 fully saturated rings. The number of hydrogen-bond donors (Lipinski definition) is 2. The van der Waals surface area contributed by atoms with Crippen LogP contribution in [0.2, 0.25) is 0 Å². The van der Waals surface area contributed by atoms with Gasteiger partial charge in [-0.15, -0.1) is 10.2 Å². The lowest BCUT2D eigenvalue weighted by Crippen LogP contribution is -2.32. The molecule has 0 spiro atoms. The summed E-state index contributed by atoms with van der Waals surface area (Å²) in [6, 6.07) is 15.6. The first-order valence-corrected chi connectivity index (χ1v) is 11.3. The van der Waals surface area contributed by atoms with Gasteiger partial charge < -0.3 is 15.4 Å². The van der Waals surface area contributed by atoms with Crippen LogP contribution in [0.25, 0.3) is 11.4 Å². The lowest BCUT2D eigenvalue weighted by atomic mass is 10.1. The molecular formula is C25H25N9O3. The Hall–Kier alpha value is -5.00. The van der Waals surface area contributed by atoms with Crippen LogP contribution < -0.4 is 25.2 Å². The third-order valence-corrected chi connectivity index (χ3v) is 5.79. The van der Waals surface area contributed by atoms with Crippen molar-refractivity contribution in [3.8, 4) is 17.1 Å². The highest BCUT2D eigenvalue weighted by atomic mass is 16.5. The molecular weight excluding hydrogens is 474 g/mol. The molecule has 2 aromatic heterocycles. The number of para-hydroxylation sites is 2. The molecule has 5 rings (SSSR count). The van der Waals surface area contributed by atoms with Crippen LogP contribution in [-0.4, -0.2) is 64.1 Å². The molecule has 12 heteroatoms. The van der Waals surface area contributed by atoms with Gasteiger partial charge in [0.25, 0.3) is 5.91 Å². The minimum atomic E-state index is -2.75. The van der Waals surface area contributed by atoms with Gasteiger partial charge in [0.2, 0.25) is 0 Å². The summed E-state index contributed by atoms with van der Waals surface area (Å²) in [5, 5.41) is 17.5. The van der Waals surface area contributed by atoms with Crippen molar-refractivity contribution < 1.29 is 18.4 Å². The molecule has 2 aromatic carbocycles. The van der Waals surface area contributed by atoms with Gasteiger partial charge in [0.05, 0.1) is 24.0 Å². The lowest BCUT2D eigenvalue weighted by molar-refractivity contribution is 0.0958. The van der Waals surface area contributed by atoms with Crippen molar-refractivity contribution >= 4 is 34.8 Å². The van der Waals surface area contributed by atoms with E-state index in [9.17, 15) is 9.59 Å². The normalized spacial score (nSPS) is 14.6. The molecule has 4 aromatic rings. The fourth-order valence-electron chi connectivity index (χ4n) is 4.07. The van der Waals surface area contributed by atoms with Gasteiger partial charge in [-0.1, -0.05) is 24.3 Å². The quantitative estimate of drug-likeness (QED) is 0.395. The number of carbonyl (C=O) groups is 2. The number of nitrogens with zero attached hydrogens (tertiary/aromatic N) is 7. The van der Waals surface area contributed by atoms with E-state index in [2.05, 4.69) is 25.6 Å². The van der Waals surface area contributed by atoms with Crippen molar-refractivity contribution in [2.75, 3.05) is 42.3 Å². The Labute approximate surface area is 217 Å². The second-order valence-corrected chi connectivity index (χ2v) is 8.09. The number of ether oxygens (including phenoxy) is 1. The molecule has 2 N–H and O–H groups in total. The first-order valence-electron chi connectivity index (χ1n) is 12.8. The van der Waals surface area contributed by atoms with E-state index in [0.29, 0.717) is 35.9 Å². The molecule has 12 nitrogen and oxygen atoms in total. The predicted octanol–water partition coefficient (Wildman–Crippen LogP) is 2.83. The number of methoxy groups -OCH3 is 1. The fourth-order valence-corrected chi connectivity index (χ4v) is 4.07. The Kier molecular flexibility index (Phi) is 5.43. The number of urea groups is 1. The monoisotopic (exact) mass is 502 g/mol. The van der Waals surface area contributed by atoms with Crippen LogP contribution in [0.4, 0.5) is 27.7 Å². The summed E-state index contributed by atoms with van der Waals surface area (Å²) < 4.78 is 29.5. The number of aromatic nitrogens is 5. The molecule has 1 aliphatic rings. The fraction of sp³-hybridized carbons (Fsp3) is 0.200. The van der Waals surface area contributed by atoms with E-state index in [1.165, 1.54) is 18.1 Å². The van der Waals surface area contributed by atoms with E-state index in [0.717, 1.165) is 5.69 Å². The Morgan fingerprint density at radius 1 is 1.05 bits per heavy atom. The van der Waals surface area contributed by atoms with Crippen LogP contribution >= 0.6 is 0 Å². The highest BCUT2D eigenvalue weighted by Gasteiger charge is 2.32. The molecule has 0 unspecified atom stereocenters. The number of anilines is 4. The number of aryl methyl sites for hydroxylation is 1. The summed E-state index contributed by atoms with van der Waals surface area (Å²) in [5.41, 5.74) is 1.57. The molecule has 37 heavy (non-hydrogen) atoms. The maximum atomic E-state index is 13.3. The summed E-state index contributed by atoms with van der Waals surface area (Å²) in [7, 11) is 3.22. The van der Waals surface area contributed by atoms with Crippen molar-refractivity contribution in [1.82, 2.24) is 30.3 Å². The van der Waals surface area contributed by atoms with E-state index in [1.807, 2.05) is 35.6 Å². The van der Waals surface area contributed by atoms with Gasteiger partial charge in [0.1, 0.15) is 6.33 Å². The highest BCUT2D eigenvalue weighted by Crippen LogP contribution is 2.37. The lowest BCUT2D eigenvalue weighted by Gasteiger charge is -2.19. The largest absolute Gasteiger partial charge is 0.494 e. The molecule has 188 valence electrons. The maximum Gasteiger partial charge on any atom is 0.330 e. The van der Waals surface area contributed by atoms with Gasteiger partial charge in [-0.05, 0) is 24.3 Å². The Bertz CT molecular complexity index is 1560. The topological polar surface area (TPSA) is 130 Å². The summed E-state index contributed by atoms with van der Waals surface area (Å²) in [4.78, 5) is 33.5. The van der Waals surface area contributed by atoms with E-state index < -0.39 is 12.9 Å². The number of carbonyl (C=O) groups excluding carboxylic acids is 2. The molecule has 3 heterocycles. The first kappa shape index (κ1) is 20.2. The smallest absolute Gasteiger partial charge is 0.330 e. The summed E-state index contributed by atoms with van der Waals surface area (Å²) in [5.74, 6) is 0.00178. The minimum absolute atomic E-state index is 0.113. The zero-order valence-electron chi connectivity index (χ0n) is 23.0. The van der Waals surface area contributed by atoms with Crippen molar-refractivity contribution in [2.45, 2.75) is 0 Å². The van der Waals surface area contributed by atoms with Crippen LogP contribution in [0, 0.1) is 0 Å². The van der Waals surface area contributed by atoms with Crippen LogP contribution in [0.1, 0.15) is 14.6 Å². The number of benzene rings is 2. The average molecular weight is 503 g/mol. The van der Waals surface area contributed by atoms with Gasteiger partial charge in [0, 0.05) is 43.0 Å². The van der Waals surface area contributed by atoms with Crippen molar-refractivity contribution in [3.63, 3.8) is 0 Å². The standard InChI is InChI=1S/C25H25N9O3/c1-26-24(35)21-19(28-18-11-7-10-17(22(18)37-3)23-27-15-32(2)31-23)14-20(29-30-21)34-13-12-33(25(34)36)16-8-5-4-6-9-16/h4-11,14-15H,12-13H2,1-3H3,(H,26,35)(H,28,29)/i1D3. The van der Waals surface area contributed by atoms with E-state index in [4.69, 9.17) is 8.85 Å². The third kappa shape index (κ3) is 4.51. The maximum absolute atomic E-state index is 13.3. The molecule has 3 amide bonds. The molecule has 0 bridgehead atoms. The second-order valence-electron chi connectivity index (χ2n) is 8.09. The van der Waals surface area contributed by atoms with Crippen LogP contribution in [0.15, 0.2) is 60.9 Å². The minimum Gasteiger partial charge on any atom is -0.494 e. The molecule has 0 aliphatic carbocycles. The Morgan fingerprint density at radius 2 is 1.86 bits per heavy atom. The molecule has 0 saturated carbocycles. The van der Waals surface area contributed by atoms with Crippen LogP contribution in [-0.2, 0) is 7.05 Å². The molecule has 0 radical (unpaired) electrons. The average Bonchev–Trinajstić information content (AvgIpc) is 3.53. The third-order valence-electron chi connectivity index (χ3n) is 5.79. The number of hydrogen-bond acceptors (Lipinski definition) is 8. The zero-order chi connectivity index (χ0) is 28.4. The predicted molar refractivity (Wildman–Crippen MR) is 138 cm³/mol. The number of rotatable bonds is 7. The van der Waals surface area contributed by atoms with Crippen molar-refractivity contribution in [3.05, 3.63) is 66.6 Å². The van der Waals surface area contributed by atoms with Gasteiger partial charge in [-0.25, -0.2) is 9.78 Å². The first-order chi connectivity index (χ1) is 19.1. The van der Waals surface area contributed by atoms with Crippen LogP contribution in [0.3, 0.4) is 0 Å². The second kappa shape index (κ2) is 9.93. The highest BCUT2D eigenvalue weighted by molar-refractivity contribution is 6.06. The van der Waals surface area contributed by atoms with Crippen LogP contribution in [0.5, 0.6) is 5.75 Å². The summed E-state index contributed by atoms with van der Waals surface area (Å²) in [6.45, 7) is -2.01. The van der Waals surface area contributed by atoms with Gasteiger partial charge in [-0.2, -0.15) is 5.10 Å². The van der Waals surface area contributed by atoms with Crippen molar-refractivity contribution in [1.29, 1.82) is 0 Å². The summed E-state index contributed by atoms with van der Waals surface area (Å²) >= 11 is 0. The van der Waals surface area contributed by atoms with E-state index >= 15 is 0 Å². The van der Waals surface area contributed by atoms with E-state index in [1.54, 1.807) is 41.2 Å². The molecule has 1 aliphatic heterocycles. The van der Waals surface area contributed by atoms with E-state index in [-0.39, 0.29) is 23.2 Å². The van der Waals surface area contributed by atoms with Gasteiger partial charge in [-0.3, -0.25) is 19.3 Å².